The highest BCUT2D eigenvalue weighted by molar-refractivity contribution is 7.90. The predicted molar refractivity (Wildman–Crippen MR) is 69.7 cm³/mol. The molecule has 0 bridgehead atoms. The first-order valence-electron chi connectivity index (χ1n) is 5.42. The van der Waals surface area contributed by atoms with Crippen LogP contribution in [0.5, 0.6) is 0 Å². The van der Waals surface area contributed by atoms with Crippen molar-refractivity contribution in [2.24, 2.45) is 0 Å². The quantitative estimate of drug-likeness (QED) is 0.846. The standard InChI is InChI=1S/C14H10FNO2S/c1-19(17,18)12-6-2-4-10(8-12)14-11(9-16)5-3-7-13(14)15/h2-8H,1H3. The molecule has 0 unspecified atom stereocenters. The second-order valence-electron chi connectivity index (χ2n) is 4.07. The van der Waals surface area contributed by atoms with Gasteiger partial charge in [-0.15, -0.1) is 0 Å². The lowest BCUT2D eigenvalue weighted by Gasteiger charge is -2.07. The fourth-order valence-corrected chi connectivity index (χ4v) is 2.46. The van der Waals surface area contributed by atoms with Crippen LogP contribution >= 0.6 is 0 Å². The van der Waals surface area contributed by atoms with Crippen LogP contribution in [0.25, 0.3) is 11.1 Å². The molecule has 0 N–H and O–H groups in total. The second-order valence-corrected chi connectivity index (χ2v) is 6.09. The molecule has 19 heavy (non-hydrogen) atoms. The number of nitrogens with zero attached hydrogens (tertiary/aromatic N) is 1. The Hall–Kier alpha value is -2.19. The van der Waals surface area contributed by atoms with Crippen LogP contribution in [0.15, 0.2) is 47.4 Å². The van der Waals surface area contributed by atoms with Crippen LogP contribution in [-0.4, -0.2) is 14.7 Å². The minimum absolute atomic E-state index is 0.0946. The number of rotatable bonds is 2. The number of sulfone groups is 1. The second kappa shape index (κ2) is 4.82. The molecule has 96 valence electrons. The SMILES string of the molecule is CS(=O)(=O)c1cccc(-c2c(F)cccc2C#N)c1. The molecule has 2 rings (SSSR count). The van der Waals surface area contributed by atoms with E-state index < -0.39 is 15.7 Å². The van der Waals surface area contributed by atoms with Crippen molar-refractivity contribution in [2.75, 3.05) is 6.26 Å². The summed E-state index contributed by atoms with van der Waals surface area (Å²) in [6, 6.07) is 12.0. The van der Waals surface area contributed by atoms with Gasteiger partial charge in [0.15, 0.2) is 9.84 Å². The highest BCUT2D eigenvalue weighted by Gasteiger charge is 2.13. The van der Waals surface area contributed by atoms with Gasteiger partial charge in [0.1, 0.15) is 5.82 Å². The molecule has 0 aliphatic heterocycles. The van der Waals surface area contributed by atoms with Crippen molar-refractivity contribution in [1.82, 2.24) is 0 Å². The minimum atomic E-state index is -3.37. The third-order valence-electron chi connectivity index (χ3n) is 2.68. The fraction of sp³-hybridized carbons (Fsp3) is 0.0714. The minimum Gasteiger partial charge on any atom is -0.224 e. The largest absolute Gasteiger partial charge is 0.224 e. The molecule has 0 saturated heterocycles. The van der Waals surface area contributed by atoms with Crippen LogP contribution in [0.4, 0.5) is 4.39 Å². The molecule has 3 nitrogen and oxygen atoms in total. The third-order valence-corrected chi connectivity index (χ3v) is 3.80. The van der Waals surface area contributed by atoms with Gasteiger partial charge < -0.3 is 0 Å². The maximum absolute atomic E-state index is 13.9. The Bertz CT molecular complexity index is 776. The maximum atomic E-state index is 13.9. The van der Waals surface area contributed by atoms with Gasteiger partial charge in [0.25, 0.3) is 0 Å². The molecule has 0 fully saturated rings. The molecule has 0 heterocycles. The molecule has 5 heteroatoms. The van der Waals surface area contributed by atoms with Crippen LogP contribution in [0, 0.1) is 17.1 Å². The molecule has 2 aromatic carbocycles. The Morgan fingerprint density at radius 3 is 2.47 bits per heavy atom. The summed E-state index contributed by atoms with van der Waals surface area (Å²) < 4.78 is 36.8. The summed E-state index contributed by atoms with van der Waals surface area (Å²) in [5.41, 5.74) is 0.665. The van der Waals surface area contributed by atoms with Gasteiger partial charge in [-0.3, -0.25) is 0 Å². The molecule has 0 atom stereocenters. The lowest BCUT2D eigenvalue weighted by molar-refractivity contribution is 0.601. The molecule has 0 amide bonds. The summed E-state index contributed by atoms with van der Waals surface area (Å²) in [6.45, 7) is 0. The molecule has 0 aliphatic carbocycles. The number of benzene rings is 2. The van der Waals surface area contributed by atoms with Crippen molar-refractivity contribution < 1.29 is 12.8 Å². The van der Waals surface area contributed by atoms with E-state index in [0.29, 0.717) is 5.56 Å². The summed E-state index contributed by atoms with van der Waals surface area (Å²) in [5, 5.41) is 9.00. The van der Waals surface area contributed by atoms with E-state index >= 15 is 0 Å². The molecule has 0 radical (unpaired) electrons. The lowest BCUT2D eigenvalue weighted by Crippen LogP contribution is -1.98. The van der Waals surface area contributed by atoms with E-state index in [0.717, 1.165) is 6.26 Å². The van der Waals surface area contributed by atoms with Gasteiger partial charge in [-0.1, -0.05) is 18.2 Å². The monoisotopic (exact) mass is 275 g/mol. The van der Waals surface area contributed by atoms with Gasteiger partial charge >= 0.3 is 0 Å². The van der Waals surface area contributed by atoms with Gasteiger partial charge in [-0.2, -0.15) is 5.26 Å². The summed E-state index contributed by atoms with van der Waals surface area (Å²) in [4.78, 5) is 0.0946. The Labute approximate surface area is 110 Å². The van der Waals surface area contributed by atoms with Gasteiger partial charge in [-0.25, -0.2) is 12.8 Å². The first-order valence-corrected chi connectivity index (χ1v) is 7.32. The zero-order valence-corrected chi connectivity index (χ0v) is 10.9. The maximum Gasteiger partial charge on any atom is 0.175 e. The predicted octanol–water partition coefficient (Wildman–Crippen LogP) is 2.77. The molecule has 0 saturated carbocycles. The highest BCUT2D eigenvalue weighted by atomic mass is 32.2. The first kappa shape index (κ1) is 13.2. The lowest BCUT2D eigenvalue weighted by atomic mass is 10.00. The number of halogens is 1. The zero-order valence-electron chi connectivity index (χ0n) is 10.1. The van der Waals surface area contributed by atoms with E-state index in [1.54, 1.807) is 6.07 Å². The Morgan fingerprint density at radius 1 is 1.16 bits per heavy atom. The smallest absolute Gasteiger partial charge is 0.175 e. The van der Waals surface area contributed by atoms with Gasteiger partial charge in [0.05, 0.1) is 16.5 Å². The molecule has 2 aromatic rings. The van der Waals surface area contributed by atoms with Crippen LogP contribution in [0.2, 0.25) is 0 Å². The normalized spacial score (nSPS) is 11.0. The Kier molecular flexibility index (Phi) is 3.36. The topological polar surface area (TPSA) is 57.9 Å². The summed E-state index contributed by atoms with van der Waals surface area (Å²) >= 11 is 0. The zero-order chi connectivity index (χ0) is 14.0. The van der Waals surface area contributed by atoms with Crippen LogP contribution in [0.1, 0.15) is 5.56 Å². The average molecular weight is 275 g/mol. The van der Waals surface area contributed by atoms with Gasteiger partial charge in [0.2, 0.25) is 0 Å². The molecule has 0 aromatic heterocycles. The number of hydrogen-bond acceptors (Lipinski definition) is 3. The van der Waals surface area contributed by atoms with E-state index in [1.807, 2.05) is 6.07 Å². The van der Waals surface area contributed by atoms with Crippen LogP contribution in [0.3, 0.4) is 0 Å². The van der Waals surface area contributed by atoms with E-state index in [9.17, 15) is 12.8 Å². The number of nitriles is 1. The highest BCUT2D eigenvalue weighted by Crippen LogP contribution is 2.28. The van der Waals surface area contributed by atoms with E-state index in [-0.39, 0.29) is 16.0 Å². The number of hydrogen-bond donors (Lipinski definition) is 0. The summed E-state index contributed by atoms with van der Waals surface area (Å²) in [5.74, 6) is -0.551. The van der Waals surface area contributed by atoms with Crippen molar-refractivity contribution in [3.63, 3.8) is 0 Å². The average Bonchev–Trinajstić information content (AvgIpc) is 2.37. The van der Waals surface area contributed by atoms with E-state index in [4.69, 9.17) is 5.26 Å². The van der Waals surface area contributed by atoms with Gasteiger partial charge in [0, 0.05) is 11.8 Å². The molecular weight excluding hydrogens is 265 g/mol. The summed E-state index contributed by atoms with van der Waals surface area (Å²) in [7, 11) is -3.37. The van der Waals surface area contributed by atoms with Crippen molar-refractivity contribution in [3.05, 3.63) is 53.8 Å². The van der Waals surface area contributed by atoms with E-state index in [1.165, 1.54) is 36.4 Å². The van der Waals surface area contributed by atoms with Gasteiger partial charge in [-0.05, 0) is 29.8 Å². The third kappa shape index (κ3) is 2.64. The van der Waals surface area contributed by atoms with Crippen LogP contribution < -0.4 is 0 Å². The van der Waals surface area contributed by atoms with Crippen molar-refractivity contribution >= 4 is 9.84 Å². The van der Waals surface area contributed by atoms with Crippen molar-refractivity contribution in [3.8, 4) is 17.2 Å². The van der Waals surface area contributed by atoms with E-state index in [2.05, 4.69) is 0 Å². The summed E-state index contributed by atoms with van der Waals surface area (Å²) in [6.07, 6.45) is 1.08. The first-order chi connectivity index (χ1) is 8.93. The fourth-order valence-electron chi connectivity index (χ4n) is 1.79. The van der Waals surface area contributed by atoms with Crippen LogP contribution in [-0.2, 0) is 9.84 Å². The molecule has 0 aliphatic rings. The Balaban J connectivity index is 2.71. The van der Waals surface area contributed by atoms with Crippen molar-refractivity contribution in [1.29, 1.82) is 5.26 Å². The molecular formula is C14H10FNO2S. The Morgan fingerprint density at radius 2 is 1.84 bits per heavy atom. The van der Waals surface area contributed by atoms with Crippen molar-refractivity contribution in [2.45, 2.75) is 4.90 Å². The molecule has 0 spiro atoms.